The zero-order valence-corrected chi connectivity index (χ0v) is 19.1. The van der Waals surface area contributed by atoms with Crippen molar-refractivity contribution in [3.8, 4) is 0 Å². The summed E-state index contributed by atoms with van der Waals surface area (Å²) in [6, 6.07) is 7.72. The number of nitrogens with zero attached hydrogens (tertiary/aromatic N) is 1. The van der Waals surface area contributed by atoms with Crippen LogP contribution in [0.5, 0.6) is 0 Å². The predicted octanol–water partition coefficient (Wildman–Crippen LogP) is 2.33. The Morgan fingerprint density at radius 2 is 1.73 bits per heavy atom. The molecule has 0 aromatic heterocycles. The first kappa shape index (κ1) is 21.0. The van der Waals surface area contributed by atoms with Gasteiger partial charge in [-0.15, -0.1) is 0 Å². The zero-order chi connectivity index (χ0) is 22.7. The van der Waals surface area contributed by atoms with Crippen LogP contribution in [0.4, 0.5) is 4.79 Å². The monoisotopic (exact) mass is 450 g/mol. The first-order valence-electron chi connectivity index (χ1n) is 12.6. The average molecular weight is 451 g/mol. The lowest BCUT2D eigenvalue weighted by molar-refractivity contribution is -0.147. The second kappa shape index (κ2) is 7.74. The Hall–Kier alpha value is -2.57. The molecule has 33 heavy (non-hydrogen) atoms. The number of amides is 4. The van der Waals surface area contributed by atoms with E-state index in [-0.39, 0.29) is 35.2 Å². The fourth-order valence-electron chi connectivity index (χ4n) is 7.54. The summed E-state index contributed by atoms with van der Waals surface area (Å²) in [6.07, 6.45) is 7.47. The van der Waals surface area contributed by atoms with Crippen molar-refractivity contribution in [2.45, 2.75) is 70.0 Å². The molecule has 0 radical (unpaired) electrons. The van der Waals surface area contributed by atoms with Crippen LogP contribution >= 0.6 is 0 Å². The Balaban J connectivity index is 1.12. The maximum absolute atomic E-state index is 13.4. The van der Waals surface area contributed by atoms with Gasteiger partial charge in [0.25, 0.3) is 0 Å². The van der Waals surface area contributed by atoms with Gasteiger partial charge in [-0.3, -0.25) is 9.59 Å². The number of primary amides is 1. The van der Waals surface area contributed by atoms with Crippen molar-refractivity contribution in [1.82, 2.24) is 15.5 Å². The Morgan fingerprint density at radius 1 is 1.03 bits per heavy atom. The van der Waals surface area contributed by atoms with E-state index in [1.165, 1.54) is 11.1 Å². The fourth-order valence-corrected chi connectivity index (χ4v) is 7.54. The van der Waals surface area contributed by atoms with Crippen LogP contribution in [-0.2, 0) is 22.6 Å². The number of hydrogen-bond acceptors (Lipinski definition) is 3. The highest BCUT2D eigenvalue weighted by atomic mass is 16.2. The van der Waals surface area contributed by atoms with E-state index in [2.05, 4.69) is 22.8 Å². The van der Waals surface area contributed by atoms with Crippen molar-refractivity contribution < 1.29 is 14.4 Å². The Morgan fingerprint density at radius 3 is 2.39 bits per heavy atom. The molecule has 3 atom stereocenters. The van der Waals surface area contributed by atoms with Crippen LogP contribution in [0.25, 0.3) is 0 Å². The van der Waals surface area contributed by atoms with Crippen molar-refractivity contribution in [2.24, 2.45) is 34.8 Å². The lowest BCUT2D eigenvalue weighted by Crippen LogP contribution is -2.64. The van der Waals surface area contributed by atoms with E-state index < -0.39 is 6.04 Å². The van der Waals surface area contributed by atoms with Crippen molar-refractivity contribution in [3.63, 3.8) is 0 Å². The minimum atomic E-state index is -0.475. The first-order chi connectivity index (χ1) is 15.9. The largest absolute Gasteiger partial charge is 0.369 e. The van der Waals surface area contributed by atoms with Gasteiger partial charge in [0.2, 0.25) is 11.8 Å². The summed E-state index contributed by atoms with van der Waals surface area (Å²) in [7, 11) is 0. The lowest BCUT2D eigenvalue weighted by atomic mass is 9.47. The molecule has 1 aromatic carbocycles. The molecule has 4 amide bonds. The molecule has 4 bridgehead atoms. The van der Waals surface area contributed by atoms with E-state index in [0.29, 0.717) is 30.8 Å². The van der Waals surface area contributed by atoms with Crippen molar-refractivity contribution in [1.29, 1.82) is 0 Å². The highest BCUT2D eigenvalue weighted by Crippen LogP contribution is 2.60. The fraction of sp³-hybridized carbons (Fsp3) is 0.654. The molecule has 5 aliphatic carbocycles. The Labute approximate surface area is 194 Å². The van der Waals surface area contributed by atoms with Crippen LogP contribution in [0.1, 0.15) is 56.1 Å². The van der Waals surface area contributed by atoms with Gasteiger partial charge in [0.15, 0.2) is 0 Å². The van der Waals surface area contributed by atoms with E-state index in [4.69, 9.17) is 5.73 Å². The lowest BCUT2D eigenvalue weighted by Gasteiger charge is -2.58. The van der Waals surface area contributed by atoms with Gasteiger partial charge < -0.3 is 21.3 Å². The van der Waals surface area contributed by atoms with Crippen molar-refractivity contribution in [3.05, 3.63) is 35.4 Å². The van der Waals surface area contributed by atoms with E-state index >= 15 is 0 Å². The number of benzene rings is 1. The summed E-state index contributed by atoms with van der Waals surface area (Å²) < 4.78 is 0. The van der Waals surface area contributed by atoms with E-state index in [9.17, 15) is 14.4 Å². The van der Waals surface area contributed by atoms with Crippen LogP contribution in [0, 0.1) is 29.1 Å². The number of urea groups is 1. The van der Waals surface area contributed by atoms with Crippen molar-refractivity contribution in [2.75, 3.05) is 6.54 Å². The second-order valence-electron chi connectivity index (χ2n) is 11.4. The summed E-state index contributed by atoms with van der Waals surface area (Å²) in [4.78, 5) is 40.5. The number of carbonyl (C=O) groups is 3. The number of carbonyl (C=O) groups excluding carboxylic acids is 3. The quantitative estimate of drug-likeness (QED) is 0.641. The third-order valence-corrected chi connectivity index (χ3v) is 9.18. The molecule has 6 aliphatic rings. The molecular formula is C26H34N4O3. The van der Waals surface area contributed by atoms with Gasteiger partial charge in [-0.1, -0.05) is 24.3 Å². The van der Waals surface area contributed by atoms with Gasteiger partial charge in [-0.05, 0) is 86.2 Å². The summed E-state index contributed by atoms with van der Waals surface area (Å²) in [5.74, 6) is 1.22. The minimum Gasteiger partial charge on any atom is -0.369 e. The summed E-state index contributed by atoms with van der Waals surface area (Å²) >= 11 is 0. The maximum Gasteiger partial charge on any atom is 0.318 e. The first-order valence-corrected chi connectivity index (χ1v) is 12.6. The molecular weight excluding hydrogens is 416 g/mol. The molecule has 3 unspecified atom stereocenters. The Bertz CT molecular complexity index is 974. The molecule has 176 valence electrons. The van der Waals surface area contributed by atoms with Gasteiger partial charge >= 0.3 is 6.03 Å². The molecule has 5 saturated carbocycles. The van der Waals surface area contributed by atoms with E-state index in [1.54, 1.807) is 0 Å². The molecule has 1 aromatic rings. The highest BCUT2D eigenvalue weighted by molar-refractivity contribution is 5.88. The molecule has 7 heteroatoms. The van der Waals surface area contributed by atoms with E-state index in [0.717, 1.165) is 51.4 Å². The van der Waals surface area contributed by atoms with Gasteiger partial charge in [0.05, 0.1) is 0 Å². The smallest absolute Gasteiger partial charge is 0.318 e. The molecule has 4 N–H and O–H groups in total. The summed E-state index contributed by atoms with van der Waals surface area (Å²) in [5, 5.41) is 6.42. The second-order valence-corrected chi connectivity index (χ2v) is 11.4. The number of fused-ring (bicyclic) bond motifs is 1. The summed E-state index contributed by atoms with van der Waals surface area (Å²) in [5.41, 5.74) is 7.94. The molecule has 7 rings (SSSR count). The molecule has 1 aliphatic heterocycles. The summed E-state index contributed by atoms with van der Waals surface area (Å²) in [6.45, 7) is 1.26. The maximum atomic E-state index is 13.4. The normalized spacial score (nSPS) is 35.0. The minimum absolute atomic E-state index is 0.0474. The number of rotatable bonds is 5. The van der Waals surface area contributed by atoms with Crippen LogP contribution in [0.3, 0.4) is 0 Å². The van der Waals surface area contributed by atoms with Crippen LogP contribution in [0.2, 0.25) is 0 Å². The van der Waals surface area contributed by atoms with Crippen LogP contribution in [0.15, 0.2) is 24.3 Å². The molecule has 0 saturated heterocycles. The number of nitrogens with one attached hydrogen (secondary N) is 2. The van der Waals surface area contributed by atoms with Gasteiger partial charge in [-0.2, -0.15) is 0 Å². The van der Waals surface area contributed by atoms with Gasteiger partial charge in [0.1, 0.15) is 6.04 Å². The molecule has 7 nitrogen and oxygen atoms in total. The molecule has 5 fully saturated rings. The van der Waals surface area contributed by atoms with Crippen LogP contribution < -0.4 is 16.4 Å². The number of hydrogen-bond donors (Lipinski definition) is 3. The molecule has 1 heterocycles. The Kier molecular flexibility index (Phi) is 4.93. The van der Waals surface area contributed by atoms with Crippen LogP contribution in [-0.4, -0.2) is 41.4 Å². The highest BCUT2D eigenvalue weighted by Gasteiger charge is 2.58. The topological polar surface area (TPSA) is 105 Å². The third-order valence-electron chi connectivity index (χ3n) is 9.18. The average Bonchev–Trinajstić information content (AvgIpc) is 3.64. The van der Waals surface area contributed by atoms with Gasteiger partial charge in [-0.25, -0.2) is 4.79 Å². The van der Waals surface area contributed by atoms with Crippen molar-refractivity contribution >= 4 is 17.8 Å². The number of nitrogens with two attached hydrogens (primary N) is 1. The zero-order valence-electron chi connectivity index (χ0n) is 19.1. The molecule has 0 spiro atoms. The standard InChI is InChI=1S/C26H34N4O3/c27-24(32)26-11-15-9-19(12-26)21(20(10-15)13-26)28-23(31)22(17-5-6-17)29-25(33)30-8-7-16-3-1-2-4-18(16)14-30/h1-4,15,17,19-22H,5-14H2,(H2,27,32)(H,28,31)(H,29,33). The van der Waals surface area contributed by atoms with E-state index in [1.807, 2.05) is 17.0 Å². The predicted molar refractivity (Wildman–Crippen MR) is 123 cm³/mol. The third kappa shape index (κ3) is 3.69. The SMILES string of the molecule is NC(=O)C12CC3CC(C1)C(NC(=O)C(NC(=O)N1CCc4ccccc4C1)C1CC1)C(C3)C2. The van der Waals surface area contributed by atoms with Gasteiger partial charge in [0, 0.05) is 24.5 Å².